The highest BCUT2D eigenvalue weighted by Crippen LogP contribution is 2.28. The molecule has 0 radical (unpaired) electrons. The van der Waals surface area contributed by atoms with Gasteiger partial charge in [-0.25, -0.2) is 4.39 Å². The standard InChI is InChI=1S/C14H9Cl2FO4S/c1-8(18)11-7-10(3-4-13(11)17)21-22(19,20)14-5-2-9(15)6-12(14)16/h2-7H,1H3. The van der Waals surface area contributed by atoms with Crippen molar-refractivity contribution >= 4 is 39.1 Å². The van der Waals surface area contributed by atoms with Crippen LogP contribution < -0.4 is 4.18 Å². The minimum absolute atomic E-state index is 0.110. The normalized spacial score (nSPS) is 11.3. The van der Waals surface area contributed by atoms with Crippen LogP contribution in [-0.4, -0.2) is 14.2 Å². The third kappa shape index (κ3) is 3.58. The first-order valence-corrected chi connectivity index (χ1v) is 8.07. The number of benzene rings is 2. The Morgan fingerprint density at radius 3 is 2.41 bits per heavy atom. The summed E-state index contributed by atoms with van der Waals surface area (Å²) in [5.74, 6) is -1.51. The van der Waals surface area contributed by atoms with Crippen molar-refractivity contribution in [3.05, 3.63) is 57.8 Å². The third-order valence-corrected chi connectivity index (χ3v) is 4.65. The minimum Gasteiger partial charge on any atom is -0.379 e. The first-order chi connectivity index (χ1) is 10.2. The minimum atomic E-state index is -4.24. The molecular weight excluding hydrogens is 354 g/mol. The third-order valence-electron chi connectivity index (χ3n) is 2.69. The fraction of sp³-hybridized carbons (Fsp3) is 0.0714. The Morgan fingerprint density at radius 2 is 1.82 bits per heavy atom. The van der Waals surface area contributed by atoms with E-state index < -0.39 is 21.7 Å². The zero-order valence-corrected chi connectivity index (χ0v) is 13.5. The highest BCUT2D eigenvalue weighted by atomic mass is 35.5. The van der Waals surface area contributed by atoms with Gasteiger partial charge < -0.3 is 4.18 Å². The number of carbonyl (C=O) groups excluding carboxylic acids is 1. The van der Waals surface area contributed by atoms with Crippen LogP contribution in [0.1, 0.15) is 17.3 Å². The van der Waals surface area contributed by atoms with Gasteiger partial charge >= 0.3 is 10.1 Å². The average Bonchev–Trinajstić information content (AvgIpc) is 2.39. The largest absolute Gasteiger partial charge is 0.379 e. The Kier molecular flexibility index (Phi) is 4.75. The van der Waals surface area contributed by atoms with Gasteiger partial charge in [-0.05, 0) is 43.3 Å². The van der Waals surface area contributed by atoms with Crippen molar-refractivity contribution in [3.63, 3.8) is 0 Å². The first kappa shape index (κ1) is 16.7. The average molecular weight is 363 g/mol. The van der Waals surface area contributed by atoms with Crippen LogP contribution in [0.15, 0.2) is 41.3 Å². The van der Waals surface area contributed by atoms with E-state index in [2.05, 4.69) is 0 Å². The lowest BCUT2D eigenvalue weighted by atomic mass is 10.1. The molecule has 0 amide bonds. The predicted octanol–water partition coefficient (Wildman–Crippen LogP) is 4.10. The Labute approximate surface area is 136 Å². The van der Waals surface area contributed by atoms with E-state index in [4.69, 9.17) is 27.4 Å². The SMILES string of the molecule is CC(=O)c1cc(OS(=O)(=O)c2ccc(Cl)cc2Cl)ccc1F. The Bertz CT molecular complexity index is 850. The molecule has 0 atom stereocenters. The van der Waals surface area contributed by atoms with Gasteiger partial charge in [0.25, 0.3) is 0 Å². The maximum atomic E-state index is 13.4. The van der Waals surface area contributed by atoms with Crippen LogP contribution in [0.3, 0.4) is 0 Å². The molecule has 0 N–H and O–H groups in total. The Hall–Kier alpha value is -1.63. The molecule has 0 spiro atoms. The van der Waals surface area contributed by atoms with Crippen molar-refractivity contribution in [2.24, 2.45) is 0 Å². The van der Waals surface area contributed by atoms with Crippen LogP contribution in [0.5, 0.6) is 5.75 Å². The van der Waals surface area contributed by atoms with Crippen LogP contribution in [0.25, 0.3) is 0 Å². The molecule has 4 nitrogen and oxygen atoms in total. The first-order valence-electron chi connectivity index (χ1n) is 5.91. The number of ketones is 1. The smallest absolute Gasteiger partial charge is 0.340 e. The molecule has 8 heteroatoms. The molecular formula is C14H9Cl2FO4S. The summed E-state index contributed by atoms with van der Waals surface area (Å²) in [5.41, 5.74) is -0.269. The van der Waals surface area contributed by atoms with E-state index in [-0.39, 0.29) is 26.3 Å². The topological polar surface area (TPSA) is 60.4 Å². The number of hydrogen-bond donors (Lipinski definition) is 0. The highest BCUT2D eigenvalue weighted by molar-refractivity contribution is 7.87. The second kappa shape index (κ2) is 6.24. The van der Waals surface area contributed by atoms with Gasteiger partial charge in [-0.15, -0.1) is 0 Å². The van der Waals surface area contributed by atoms with Gasteiger partial charge in [0.05, 0.1) is 10.6 Å². The van der Waals surface area contributed by atoms with Crippen molar-refractivity contribution in [2.45, 2.75) is 11.8 Å². The Balaban J connectivity index is 2.41. The summed E-state index contributed by atoms with van der Waals surface area (Å²) in [6.45, 7) is 1.16. The van der Waals surface area contributed by atoms with E-state index in [0.717, 1.165) is 25.1 Å². The van der Waals surface area contributed by atoms with E-state index in [0.29, 0.717) is 0 Å². The molecule has 22 heavy (non-hydrogen) atoms. The molecule has 0 saturated heterocycles. The highest BCUT2D eigenvalue weighted by Gasteiger charge is 2.21. The zero-order valence-electron chi connectivity index (χ0n) is 11.1. The molecule has 0 unspecified atom stereocenters. The van der Waals surface area contributed by atoms with Gasteiger partial charge in [-0.1, -0.05) is 23.2 Å². The molecule has 0 saturated carbocycles. The van der Waals surface area contributed by atoms with Gasteiger partial charge in [0.2, 0.25) is 0 Å². The van der Waals surface area contributed by atoms with E-state index in [9.17, 15) is 17.6 Å². The number of halogens is 3. The summed E-state index contributed by atoms with van der Waals surface area (Å²) < 4.78 is 42.6. The molecule has 0 heterocycles. The zero-order chi connectivity index (χ0) is 16.5. The fourth-order valence-electron chi connectivity index (χ4n) is 1.68. The van der Waals surface area contributed by atoms with Gasteiger partial charge in [0.15, 0.2) is 5.78 Å². The van der Waals surface area contributed by atoms with Crippen molar-refractivity contribution in [1.29, 1.82) is 0 Å². The number of Topliss-reactive ketones (excluding diaryl/α,β-unsaturated/α-hetero) is 1. The van der Waals surface area contributed by atoms with Crippen molar-refractivity contribution in [1.82, 2.24) is 0 Å². The van der Waals surface area contributed by atoms with Gasteiger partial charge in [-0.3, -0.25) is 4.79 Å². The number of hydrogen-bond acceptors (Lipinski definition) is 4. The number of carbonyl (C=O) groups is 1. The van der Waals surface area contributed by atoms with Gasteiger partial charge in [-0.2, -0.15) is 8.42 Å². The summed E-state index contributed by atoms with van der Waals surface area (Å²) in [6, 6.07) is 6.85. The summed E-state index contributed by atoms with van der Waals surface area (Å²) in [4.78, 5) is 11.0. The van der Waals surface area contributed by atoms with Crippen molar-refractivity contribution < 1.29 is 21.8 Å². The van der Waals surface area contributed by atoms with E-state index >= 15 is 0 Å². The second-order valence-corrected chi connectivity index (χ2v) is 6.67. The molecule has 0 aromatic heterocycles. The second-order valence-electron chi connectivity index (χ2n) is 4.31. The molecule has 116 valence electrons. The molecule has 0 fully saturated rings. The maximum Gasteiger partial charge on any atom is 0.340 e. The van der Waals surface area contributed by atoms with Crippen LogP contribution in [0.2, 0.25) is 10.0 Å². The quantitative estimate of drug-likeness (QED) is 0.606. The summed E-state index contributed by atoms with van der Waals surface area (Å²) >= 11 is 11.5. The molecule has 0 bridgehead atoms. The molecule has 0 aliphatic rings. The molecule has 2 aromatic carbocycles. The van der Waals surface area contributed by atoms with Crippen LogP contribution in [-0.2, 0) is 10.1 Å². The van der Waals surface area contributed by atoms with E-state index in [1.54, 1.807) is 0 Å². The number of rotatable bonds is 4. The van der Waals surface area contributed by atoms with E-state index in [1.807, 2.05) is 0 Å². The van der Waals surface area contributed by atoms with E-state index in [1.165, 1.54) is 18.2 Å². The fourth-order valence-corrected chi connectivity index (χ4v) is 3.35. The summed E-state index contributed by atoms with van der Waals surface area (Å²) in [6.07, 6.45) is 0. The molecule has 2 aromatic rings. The van der Waals surface area contributed by atoms with Crippen molar-refractivity contribution in [2.75, 3.05) is 0 Å². The van der Waals surface area contributed by atoms with Crippen LogP contribution in [0.4, 0.5) is 4.39 Å². The van der Waals surface area contributed by atoms with Gasteiger partial charge in [0, 0.05) is 5.02 Å². The lowest BCUT2D eigenvalue weighted by Gasteiger charge is -2.09. The lowest BCUT2D eigenvalue weighted by molar-refractivity contribution is 0.101. The van der Waals surface area contributed by atoms with Crippen LogP contribution >= 0.6 is 23.2 Å². The molecule has 0 aliphatic heterocycles. The van der Waals surface area contributed by atoms with Gasteiger partial charge in [0.1, 0.15) is 16.5 Å². The Morgan fingerprint density at radius 1 is 1.14 bits per heavy atom. The molecule has 0 aliphatic carbocycles. The van der Waals surface area contributed by atoms with Crippen LogP contribution in [0, 0.1) is 5.82 Å². The summed E-state index contributed by atoms with van der Waals surface area (Å²) in [5, 5.41) is 0.158. The van der Waals surface area contributed by atoms with Crippen molar-refractivity contribution in [3.8, 4) is 5.75 Å². The molecule has 2 rings (SSSR count). The predicted molar refractivity (Wildman–Crippen MR) is 80.7 cm³/mol. The summed E-state index contributed by atoms with van der Waals surface area (Å²) in [7, 11) is -4.24. The monoisotopic (exact) mass is 362 g/mol. The maximum absolute atomic E-state index is 13.4. The lowest BCUT2D eigenvalue weighted by Crippen LogP contribution is -2.11.